The van der Waals surface area contributed by atoms with Gasteiger partial charge in [0.25, 0.3) is 0 Å². The first-order valence-electron chi connectivity index (χ1n) is 5.18. The molecule has 84 valence electrons. The number of hydrogen-bond donors (Lipinski definition) is 1. The Morgan fingerprint density at radius 2 is 2.00 bits per heavy atom. The van der Waals surface area contributed by atoms with Crippen LogP contribution in [-0.4, -0.2) is 6.61 Å². The molecule has 1 rings (SSSR count). The molecule has 0 aromatic heterocycles. The lowest BCUT2D eigenvalue weighted by Crippen LogP contribution is -2.10. The summed E-state index contributed by atoms with van der Waals surface area (Å²) in [6, 6.07) is 5.96. The molecule has 0 amide bonds. The number of rotatable bonds is 4. The second-order valence-electron chi connectivity index (χ2n) is 4.18. The van der Waals surface area contributed by atoms with E-state index >= 15 is 0 Å². The lowest BCUT2D eigenvalue weighted by Gasteiger charge is -2.15. The van der Waals surface area contributed by atoms with Crippen molar-refractivity contribution in [3.8, 4) is 5.75 Å². The predicted octanol–water partition coefficient (Wildman–Crippen LogP) is 3.50. The molecule has 0 heterocycles. The molecule has 3 heteroatoms. The van der Waals surface area contributed by atoms with Crippen LogP contribution in [0.1, 0.15) is 32.4 Å². The third-order valence-corrected chi connectivity index (χ3v) is 2.53. The molecule has 0 saturated heterocycles. The van der Waals surface area contributed by atoms with Crippen LogP contribution < -0.4 is 10.5 Å². The highest BCUT2D eigenvalue weighted by molar-refractivity contribution is 9.10. The number of hydrogen-bond acceptors (Lipinski definition) is 2. The molecule has 1 unspecified atom stereocenters. The van der Waals surface area contributed by atoms with E-state index in [1.54, 1.807) is 0 Å². The molecule has 0 aliphatic carbocycles. The topological polar surface area (TPSA) is 35.2 Å². The number of nitrogens with two attached hydrogens (primary N) is 1. The largest absolute Gasteiger partial charge is 0.493 e. The molecule has 0 bridgehead atoms. The Morgan fingerprint density at radius 1 is 1.33 bits per heavy atom. The van der Waals surface area contributed by atoms with Crippen molar-refractivity contribution in [2.45, 2.75) is 26.8 Å². The summed E-state index contributed by atoms with van der Waals surface area (Å²) in [5, 5.41) is 0. The monoisotopic (exact) mass is 271 g/mol. The molecule has 2 nitrogen and oxygen atoms in total. The summed E-state index contributed by atoms with van der Waals surface area (Å²) in [4.78, 5) is 0. The van der Waals surface area contributed by atoms with Crippen molar-refractivity contribution in [2.75, 3.05) is 6.61 Å². The molecule has 2 N–H and O–H groups in total. The van der Waals surface area contributed by atoms with Gasteiger partial charge in [-0.3, -0.25) is 0 Å². The van der Waals surface area contributed by atoms with Gasteiger partial charge in [0.2, 0.25) is 0 Å². The fourth-order valence-corrected chi connectivity index (χ4v) is 1.61. The second kappa shape index (κ2) is 5.52. The Bertz CT molecular complexity index is 323. The van der Waals surface area contributed by atoms with E-state index in [9.17, 15) is 0 Å². The smallest absolute Gasteiger partial charge is 0.125 e. The van der Waals surface area contributed by atoms with E-state index in [-0.39, 0.29) is 6.04 Å². The normalized spacial score (nSPS) is 12.9. The summed E-state index contributed by atoms with van der Waals surface area (Å²) in [7, 11) is 0. The van der Waals surface area contributed by atoms with Crippen molar-refractivity contribution in [3.63, 3.8) is 0 Å². The van der Waals surface area contributed by atoms with Gasteiger partial charge in [0.05, 0.1) is 6.61 Å². The van der Waals surface area contributed by atoms with Crippen LogP contribution in [0, 0.1) is 5.92 Å². The van der Waals surface area contributed by atoms with Crippen molar-refractivity contribution in [3.05, 3.63) is 28.2 Å². The van der Waals surface area contributed by atoms with E-state index in [1.165, 1.54) is 0 Å². The van der Waals surface area contributed by atoms with E-state index in [2.05, 4.69) is 29.8 Å². The Morgan fingerprint density at radius 3 is 2.53 bits per heavy atom. The lowest BCUT2D eigenvalue weighted by atomic mass is 10.1. The van der Waals surface area contributed by atoms with Crippen LogP contribution >= 0.6 is 15.9 Å². The SMILES string of the molecule is CC(C)COc1cc(Br)ccc1C(C)N. The maximum atomic E-state index is 5.88. The van der Waals surface area contributed by atoms with Crippen molar-refractivity contribution in [1.82, 2.24) is 0 Å². The minimum Gasteiger partial charge on any atom is -0.493 e. The van der Waals surface area contributed by atoms with Crippen molar-refractivity contribution in [1.29, 1.82) is 0 Å². The van der Waals surface area contributed by atoms with Gasteiger partial charge in [-0.2, -0.15) is 0 Å². The highest BCUT2D eigenvalue weighted by Gasteiger charge is 2.09. The third kappa shape index (κ3) is 3.84. The summed E-state index contributed by atoms with van der Waals surface area (Å²) in [6.07, 6.45) is 0. The van der Waals surface area contributed by atoms with Crippen LogP contribution in [0.25, 0.3) is 0 Å². The molecule has 0 fully saturated rings. The first-order valence-corrected chi connectivity index (χ1v) is 5.98. The summed E-state index contributed by atoms with van der Waals surface area (Å²) in [5.74, 6) is 1.40. The quantitative estimate of drug-likeness (QED) is 0.910. The average molecular weight is 272 g/mol. The lowest BCUT2D eigenvalue weighted by molar-refractivity contribution is 0.267. The van der Waals surface area contributed by atoms with E-state index in [0.717, 1.165) is 22.4 Å². The van der Waals surface area contributed by atoms with Crippen molar-refractivity contribution in [2.24, 2.45) is 11.7 Å². The molecule has 0 aliphatic heterocycles. The molecule has 0 aliphatic rings. The Hall–Kier alpha value is -0.540. The van der Waals surface area contributed by atoms with Crippen LogP contribution in [0.15, 0.2) is 22.7 Å². The van der Waals surface area contributed by atoms with Crippen LogP contribution in [0.4, 0.5) is 0 Å². The third-order valence-electron chi connectivity index (χ3n) is 2.04. The molecule has 15 heavy (non-hydrogen) atoms. The number of halogens is 1. The van der Waals surface area contributed by atoms with Gasteiger partial charge >= 0.3 is 0 Å². The fraction of sp³-hybridized carbons (Fsp3) is 0.500. The number of ether oxygens (including phenoxy) is 1. The summed E-state index contributed by atoms with van der Waals surface area (Å²) in [5.41, 5.74) is 6.93. The summed E-state index contributed by atoms with van der Waals surface area (Å²) >= 11 is 3.43. The minimum absolute atomic E-state index is 0.000243. The molecular weight excluding hydrogens is 254 g/mol. The van der Waals surface area contributed by atoms with Gasteiger partial charge in [-0.25, -0.2) is 0 Å². The van der Waals surface area contributed by atoms with Gasteiger partial charge < -0.3 is 10.5 Å². The Kier molecular flexibility index (Phi) is 4.61. The van der Waals surface area contributed by atoms with Gasteiger partial charge in [0, 0.05) is 16.1 Å². The molecule has 1 aromatic rings. The zero-order valence-corrected chi connectivity index (χ0v) is 11.0. The maximum absolute atomic E-state index is 5.88. The first kappa shape index (κ1) is 12.5. The van der Waals surface area contributed by atoms with Gasteiger partial charge in [-0.1, -0.05) is 35.8 Å². The molecule has 0 saturated carbocycles. The maximum Gasteiger partial charge on any atom is 0.125 e. The van der Waals surface area contributed by atoms with E-state index in [1.807, 2.05) is 25.1 Å². The number of benzene rings is 1. The van der Waals surface area contributed by atoms with Crippen LogP contribution in [-0.2, 0) is 0 Å². The summed E-state index contributed by atoms with van der Waals surface area (Å²) in [6.45, 7) is 6.94. The van der Waals surface area contributed by atoms with Crippen LogP contribution in [0.2, 0.25) is 0 Å². The highest BCUT2D eigenvalue weighted by Crippen LogP contribution is 2.27. The van der Waals surface area contributed by atoms with Gasteiger partial charge in [-0.05, 0) is 25.0 Å². The standard InChI is InChI=1S/C12H18BrNO/c1-8(2)7-15-12-6-10(13)4-5-11(12)9(3)14/h4-6,8-9H,7,14H2,1-3H3. The van der Waals surface area contributed by atoms with E-state index in [4.69, 9.17) is 10.5 Å². The minimum atomic E-state index is 0.000243. The zero-order chi connectivity index (χ0) is 11.4. The fourth-order valence-electron chi connectivity index (χ4n) is 1.27. The molecule has 1 aromatic carbocycles. The van der Waals surface area contributed by atoms with Crippen LogP contribution in [0.3, 0.4) is 0 Å². The van der Waals surface area contributed by atoms with Gasteiger partial charge in [0.15, 0.2) is 0 Å². The van der Waals surface area contributed by atoms with E-state index < -0.39 is 0 Å². The zero-order valence-electron chi connectivity index (χ0n) is 9.46. The molecule has 0 spiro atoms. The second-order valence-corrected chi connectivity index (χ2v) is 5.09. The highest BCUT2D eigenvalue weighted by atomic mass is 79.9. The van der Waals surface area contributed by atoms with Gasteiger partial charge in [-0.15, -0.1) is 0 Å². The predicted molar refractivity (Wildman–Crippen MR) is 67.1 cm³/mol. The van der Waals surface area contributed by atoms with Crippen molar-refractivity contribution >= 4 is 15.9 Å². The molecular formula is C12H18BrNO. The first-order chi connectivity index (χ1) is 7.00. The molecule has 1 atom stereocenters. The van der Waals surface area contributed by atoms with Crippen molar-refractivity contribution < 1.29 is 4.74 Å². The van der Waals surface area contributed by atoms with Gasteiger partial charge in [0.1, 0.15) is 5.75 Å². The van der Waals surface area contributed by atoms with Crippen LogP contribution in [0.5, 0.6) is 5.75 Å². The average Bonchev–Trinajstić information content (AvgIpc) is 2.14. The Labute approximate surface area is 99.9 Å². The summed E-state index contributed by atoms with van der Waals surface area (Å²) < 4.78 is 6.75. The molecule has 0 radical (unpaired) electrons. The Balaban J connectivity index is 2.87. The van der Waals surface area contributed by atoms with E-state index in [0.29, 0.717) is 5.92 Å².